The van der Waals surface area contributed by atoms with E-state index >= 15 is 0 Å². The Morgan fingerprint density at radius 3 is 2.62 bits per heavy atom. The van der Waals surface area contributed by atoms with Crippen molar-refractivity contribution in [1.82, 2.24) is 0 Å². The molecule has 0 radical (unpaired) electrons. The molecule has 0 saturated heterocycles. The van der Waals surface area contributed by atoms with Crippen molar-refractivity contribution in [1.29, 1.82) is 0 Å². The summed E-state index contributed by atoms with van der Waals surface area (Å²) in [5, 5.41) is 19.9. The number of carbonyl (C=O) groups is 1. The molecule has 0 fully saturated rings. The van der Waals surface area contributed by atoms with Crippen LogP contribution in [0.3, 0.4) is 0 Å². The van der Waals surface area contributed by atoms with Crippen molar-refractivity contribution in [2.75, 3.05) is 7.11 Å². The van der Waals surface area contributed by atoms with Gasteiger partial charge in [-0.25, -0.2) is 4.79 Å². The van der Waals surface area contributed by atoms with Gasteiger partial charge in [-0.3, -0.25) is 10.1 Å². The highest BCUT2D eigenvalue weighted by atomic mass is 79.9. The molecule has 1 rings (SSSR count). The second-order valence-corrected chi connectivity index (χ2v) is 3.41. The van der Waals surface area contributed by atoms with Gasteiger partial charge in [-0.2, -0.15) is 0 Å². The molecule has 1 N–H and O–H groups in total. The maximum atomic E-state index is 10.8. The number of aromatic carboxylic acids is 1. The van der Waals surface area contributed by atoms with E-state index in [1.165, 1.54) is 19.2 Å². The Labute approximate surface area is 99.1 Å². The van der Waals surface area contributed by atoms with Crippen molar-refractivity contribution in [3.8, 4) is 5.75 Å². The lowest BCUT2D eigenvalue weighted by Gasteiger charge is -2.08. The van der Waals surface area contributed by atoms with E-state index in [0.717, 1.165) is 0 Å². The summed E-state index contributed by atoms with van der Waals surface area (Å²) in [4.78, 5) is 21.0. The predicted octanol–water partition coefficient (Wildman–Crippen LogP) is 2.20. The van der Waals surface area contributed by atoms with Crippen LogP contribution in [0.4, 0.5) is 5.69 Å². The lowest BCUT2D eigenvalue weighted by atomic mass is 10.1. The standard InChI is InChI=1S/C9H8BrNO5/c1-16-8-6(9(12)13)3-2-5(4-10)7(8)11(14)15/h2-3H,4H2,1H3,(H,12,13). The molecule has 0 heterocycles. The Hall–Kier alpha value is -1.63. The molecule has 0 bridgehead atoms. The zero-order valence-electron chi connectivity index (χ0n) is 8.27. The van der Waals surface area contributed by atoms with Crippen molar-refractivity contribution in [2.24, 2.45) is 0 Å². The molecule has 0 spiro atoms. The third kappa shape index (κ3) is 2.13. The highest BCUT2D eigenvalue weighted by Gasteiger charge is 2.26. The summed E-state index contributed by atoms with van der Waals surface area (Å²) in [6.45, 7) is 0. The Morgan fingerprint density at radius 2 is 2.25 bits per heavy atom. The van der Waals surface area contributed by atoms with Crippen LogP contribution in [0.2, 0.25) is 0 Å². The summed E-state index contributed by atoms with van der Waals surface area (Å²) in [5.41, 5.74) is -0.176. The number of nitro benzene ring substituents is 1. The van der Waals surface area contributed by atoms with Gasteiger partial charge in [0.15, 0.2) is 0 Å². The molecule has 86 valence electrons. The number of rotatable bonds is 4. The number of nitrogens with zero attached hydrogens (tertiary/aromatic N) is 1. The molecule has 6 nitrogen and oxygen atoms in total. The van der Waals surface area contributed by atoms with Gasteiger partial charge in [0.05, 0.1) is 12.0 Å². The number of ether oxygens (including phenoxy) is 1. The summed E-state index contributed by atoms with van der Waals surface area (Å²) < 4.78 is 4.80. The maximum Gasteiger partial charge on any atom is 0.339 e. The minimum absolute atomic E-state index is 0.223. The summed E-state index contributed by atoms with van der Waals surface area (Å²) in [6, 6.07) is 2.67. The number of nitro groups is 1. The molecule has 0 atom stereocenters. The second-order valence-electron chi connectivity index (χ2n) is 2.85. The first kappa shape index (κ1) is 12.4. The number of hydrogen-bond donors (Lipinski definition) is 1. The van der Waals surface area contributed by atoms with Crippen LogP contribution in [-0.2, 0) is 5.33 Å². The van der Waals surface area contributed by atoms with Crippen LogP contribution in [0.1, 0.15) is 15.9 Å². The molecular weight excluding hydrogens is 282 g/mol. The summed E-state index contributed by atoms with van der Waals surface area (Å²) in [6.07, 6.45) is 0. The fourth-order valence-corrected chi connectivity index (χ4v) is 1.75. The highest BCUT2D eigenvalue weighted by molar-refractivity contribution is 9.08. The number of methoxy groups -OCH3 is 1. The number of alkyl halides is 1. The van der Waals surface area contributed by atoms with Crippen molar-refractivity contribution in [2.45, 2.75) is 5.33 Å². The van der Waals surface area contributed by atoms with E-state index in [1.54, 1.807) is 0 Å². The zero-order chi connectivity index (χ0) is 12.3. The number of carboxylic acids is 1. The summed E-state index contributed by atoms with van der Waals surface area (Å²) >= 11 is 3.09. The third-order valence-corrected chi connectivity index (χ3v) is 2.58. The van der Waals surface area contributed by atoms with Crippen molar-refractivity contribution in [3.63, 3.8) is 0 Å². The summed E-state index contributed by atoms with van der Waals surface area (Å²) in [7, 11) is 1.20. The zero-order valence-corrected chi connectivity index (χ0v) is 9.85. The molecule has 0 aliphatic heterocycles. The minimum atomic E-state index is -1.26. The number of benzene rings is 1. The molecule has 0 amide bonds. The predicted molar refractivity (Wildman–Crippen MR) is 59.2 cm³/mol. The number of halogens is 1. The van der Waals surface area contributed by atoms with Gasteiger partial charge < -0.3 is 9.84 Å². The van der Waals surface area contributed by atoms with Crippen LogP contribution < -0.4 is 4.74 Å². The Bertz CT molecular complexity index is 446. The van der Waals surface area contributed by atoms with Gasteiger partial charge >= 0.3 is 11.7 Å². The van der Waals surface area contributed by atoms with E-state index < -0.39 is 10.9 Å². The Kier molecular flexibility index (Phi) is 3.83. The van der Waals surface area contributed by atoms with Gasteiger partial charge in [0.1, 0.15) is 5.56 Å². The first-order chi connectivity index (χ1) is 7.52. The van der Waals surface area contributed by atoms with Crippen molar-refractivity contribution in [3.05, 3.63) is 33.4 Å². The molecule has 0 unspecified atom stereocenters. The van der Waals surface area contributed by atoms with E-state index in [2.05, 4.69) is 15.9 Å². The summed E-state index contributed by atoms with van der Waals surface area (Å²) in [5.74, 6) is -1.49. The SMILES string of the molecule is COc1c(C(=O)O)ccc(CBr)c1[N+](=O)[O-]. The minimum Gasteiger partial charge on any atom is -0.490 e. The molecule has 0 saturated carbocycles. The second kappa shape index (κ2) is 4.93. The molecule has 16 heavy (non-hydrogen) atoms. The smallest absolute Gasteiger partial charge is 0.339 e. The van der Waals surface area contributed by atoms with E-state index in [1.807, 2.05) is 0 Å². The molecule has 0 aromatic heterocycles. The van der Waals surface area contributed by atoms with Gasteiger partial charge in [-0.15, -0.1) is 0 Å². The van der Waals surface area contributed by atoms with E-state index in [0.29, 0.717) is 5.56 Å². The van der Waals surface area contributed by atoms with Gasteiger partial charge in [-0.05, 0) is 6.07 Å². The fraction of sp³-hybridized carbons (Fsp3) is 0.222. The quantitative estimate of drug-likeness (QED) is 0.521. The normalized spacial score (nSPS) is 9.88. The van der Waals surface area contributed by atoms with Gasteiger partial charge in [0.2, 0.25) is 5.75 Å². The molecule has 1 aromatic rings. The molecule has 1 aromatic carbocycles. The van der Waals surface area contributed by atoms with E-state index in [4.69, 9.17) is 9.84 Å². The first-order valence-corrected chi connectivity index (χ1v) is 5.28. The van der Waals surface area contributed by atoms with Crippen molar-refractivity contribution < 1.29 is 19.6 Å². The van der Waals surface area contributed by atoms with Gasteiger partial charge in [0.25, 0.3) is 0 Å². The third-order valence-electron chi connectivity index (χ3n) is 1.98. The average molecular weight is 290 g/mol. The highest BCUT2D eigenvalue weighted by Crippen LogP contribution is 2.35. The topological polar surface area (TPSA) is 89.7 Å². The molecule has 0 aliphatic carbocycles. The van der Waals surface area contributed by atoms with Gasteiger partial charge in [0, 0.05) is 10.9 Å². The Balaban J connectivity index is 3.56. The average Bonchev–Trinajstić information content (AvgIpc) is 2.26. The molecular formula is C9H8BrNO5. The molecule has 0 aliphatic rings. The lowest BCUT2D eigenvalue weighted by Crippen LogP contribution is -2.05. The maximum absolute atomic E-state index is 10.8. The number of carboxylic acid groups (broad SMARTS) is 1. The van der Waals surface area contributed by atoms with E-state index in [-0.39, 0.29) is 22.3 Å². The van der Waals surface area contributed by atoms with Crippen molar-refractivity contribution >= 4 is 27.6 Å². The molecule has 7 heteroatoms. The monoisotopic (exact) mass is 289 g/mol. The van der Waals surface area contributed by atoms with Crippen LogP contribution >= 0.6 is 15.9 Å². The number of hydrogen-bond acceptors (Lipinski definition) is 4. The van der Waals surface area contributed by atoms with Crippen LogP contribution in [0.15, 0.2) is 12.1 Å². The van der Waals surface area contributed by atoms with Crippen LogP contribution in [0, 0.1) is 10.1 Å². The first-order valence-electron chi connectivity index (χ1n) is 4.16. The van der Waals surface area contributed by atoms with Crippen LogP contribution in [-0.4, -0.2) is 23.1 Å². The van der Waals surface area contributed by atoms with Gasteiger partial charge in [-0.1, -0.05) is 22.0 Å². The van der Waals surface area contributed by atoms with Crippen LogP contribution in [0.25, 0.3) is 0 Å². The Morgan fingerprint density at radius 1 is 1.62 bits per heavy atom. The lowest BCUT2D eigenvalue weighted by molar-refractivity contribution is -0.386. The van der Waals surface area contributed by atoms with E-state index in [9.17, 15) is 14.9 Å². The largest absolute Gasteiger partial charge is 0.490 e. The fourth-order valence-electron chi connectivity index (χ4n) is 1.29. The van der Waals surface area contributed by atoms with Crippen LogP contribution in [0.5, 0.6) is 5.75 Å².